The molecule has 0 bridgehead atoms. The van der Waals surface area contributed by atoms with Gasteiger partial charge in [0.1, 0.15) is 0 Å². The highest BCUT2D eigenvalue weighted by molar-refractivity contribution is 8.00. The highest BCUT2D eigenvalue weighted by Crippen LogP contribution is 2.32. The zero-order chi connectivity index (χ0) is 15.8. The number of benzene rings is 2. The van der Waals surface area contributed by atoms with E-state index < -0.39 is 0 Å². The molecule has 3 nitrogen and oxygen atoms in total. The van der Waals surface area contributed by atoms with E-state index in [0.29, 0.717) is 5.75 Å². The Morgan fingerprint density at radius 1 is 1.13 bits per heavy atom. The van der Waals surface area contributed by atoms with E-state index in [2.05, 4.69) is 29.0 Å². The first kappa shape index (κ1) is 14.4. The van der Waals surface area contributed by atoms with Gasteiger partial charge in [-0.15, -0.1) is 11.8 Å². The minimum atomic E-state index is 0.188. The molecule has 4 rings (SSSR count). The number of para-hydroxylation sites is 2. The van der Waals surface area contributed by atoms with Crippen molar-refractivity contribution in [2.24, 2.45) is 7.05 Å². The van der Waals surface area contributed by atoms with Crippen LogP contribution in [0.2, 0.25) is 0 Å². The van der Waals surface area contributed by atoms with Crippen LogP contribution in [0, 0.1) is 0 Å². The molecule has 0 radical (unpaired) electrons. The Hall–Kier alpha value is -2.20. The molecule has 1 amide bonds. The average Bonchev–Trinajstić information content (AvgIpc) is 3.15. The molecule has 0 spiro atoms. The molecule has 2 heterocycles. The first-order valence-corrected chi connectivity index (χ1v) is 8.78. The molecule has 4 heteroatoms. The average molecular weight is 322 g/mol. The SMILES string of the molecule is Cn1cc(SCC(=O)N2CCc3ccccc32)c2ccccc21. The van der Waals surface area contributed by atoms with Gasteiger partial charge >= 0.3 is 0 Å². The van der Waals surface area contributed by atoms with Crippen molar-refractivity contribution < 1.29 is 4.79 Å². The van der Waals surface area contributed by atoms with Gasteiger partial charge in [0.2, 0.25) is 5.91 Å². The first-order chi connectivity index (χ1) is 11.2. The fraction of sp³-hybridized carbons (Fsp3) is 0.211. The third kappa shape index (κ3) is 2.53. The maximum atomic E-state index is 12.6. The second kappa shape index (κ2) is 5.78. The molecule has 116 valence electrons. The summed E-state index contributed by atoms with van der Waals surface area (Å²) in [5.74, 6) is 0.662. The Kier molecular flexibility index (Phi) is 3.62. The zero-order valence-electron chi connectivity index (χ0n) is 13.0. The molecular formula is C19H18N2OS. The van der Waals surface area contributed by atoms with Gasteiger partial charge in [-0.25, -0.2) is 0 Å². The number of aromatic nitrogens is 1. The minimum absolute atomic E-state index is 0.188. The molecule has 1 aliphatic heterocycles. The summed E-state index contributed by atoms with van der Waals surface area (Å²) < 4.78 is 2.12. The number of aryl methyl sites for hydroxylation is 1. The predicted octanol–water partition coefficient (Wildman–Crippen LogP) is 3.86. The molecule has 2 aromatic carbocycles. The van der Waals surface area contributed by atoms with Crippen molar-refractivity contribution in [1.29, 1.82) is 0 Å². The third-order valence-corrected chi connectivity index (χ3v) is 5.43. The molecule has 1 aromatic heterocycles. The van der Waals surface area contributed by atoms with E-state index >= 15 is 0 Å². The lowest BCUT2D eigenvalue weighted by Gasteiger charge is -2.16. The smallest absolute Gasteiger partial charge is 0.237 e. The Morgan fingerprint density at radius 3 is 2.83 bits per heavy atom. The van der Waals surface area contributed by atoms with Crippen LogP contribution in [0.25, 0.3) is 10.9 Å². The Bertz CT molecular complexity index is 884. The maximum absolute atomic E-state index is 12.6. The number of anilines is 1. The second-order valence-corrected chi connectivity index (χ2v) is 6.85. The summed E-state index contributed by atoms with van der Waals surface area (Å²) in [6.45, 7) is 0.800. The quantitative estimate of drug-likeness (QED) is 0.684. The number of rotatable bonds is 3. The van der Waals surface area contributed by atoms with Gasteiger partial charge in [-0.1, -0.05) is 36.4 Å². The van der Waals surface area contributed by atoms with Crippen molar-refractivity contribution in [1.82, 2.24) is 4.57 Å². The van der Waals surface area contributed by atoms with Crippen molar-refractivity contribution >= 4 is 34.3 Å². The van der Waals surface area contributed by atoms with Crippen LogP contribution >= 0.6 is 11.8 Å². The van der Waals surface area contributed by atoms with Crippen LogP contribution in [0.15, 0.2) is 59.6 Å². The molecule has 0 saturated carbocycles. The van der Waals surface area contributed by atoms with Gasteiger partial charge in [-0.3, -0.25) is 4.79 Å². The van der Waals surface area contributed by atoms with Gasteiger partial charge in [0.05, 0.1) is 5.75 Å². The fourth-order valence-electron chi connectivity index (χ4n) is 3.23. The van der Waals surface area contributed by atoms with Crippen LogP contribution < -0.4 is 4.90 Å². The van der Waals surface area contributed by atoms with Crippen molar-refractivity contribution in [2.45, 2.75) is 11.3 Å². The molecule has 0 atom stereocenters. The van der Waals surface area contributed by atoms with Gasteiger partial charge < -0.3 is 9.47 Å². The first-order valence-electron chi connectivity index (χ1n) is 7.79. The number of hydrogen-bond acceptors (Lipinski definition) is 2. The second-order valence-electron chi connectivity index (χ2n) is 5.83. The summed E-state index contributed by atoms with van der Waals surface area (Å²) >= 11 is 1.63. The van der Waals surface area contributed by atoms with E-state index in [-0.39, 0.29) is 5.91 Å². The van der Waals surface area contributed by atoms with Gasteiger partial charge in [0.15, 0.2) is 0 Å². The lowest BCUT2D eigenvalue weighted by atomic mass is 10.2. The van der Waals surface area contributed by atoms with Crippen molar-refractivity contribution in [3.05, 3.63) is 60.3 Å². The molecular weight excluding hydrogens is 304 g/mol. The predicted molar refractivity (Wildman–Crippen MR) is 96.1 cm³/mol. The van der Waals surface area contributed by atoms with Crippen LogP contribution in [-0.4, -0.2) is 22.8 Å². The number of hydrogen-bond donors (Lipinski definition) is 0. The highest BCUT2D eigenvalue weighted by atomic mass is 32.2. The molecule has 0 N–H and O–H groups in total. The number of amides is 1. The zero-order valence-corrected chi connectivity index (χ0v) is 13.8. The number of carbonyl (C=O) groups excluding carboxylic acids is 1. The molecule has 0 fully saturated rings. The van der Waals surface area contributed by atoms with E-state index in [1.807, 2.05) is 42.3 Å². The third-order valence-electron chi connectivity index (χ3n) is 4.40. The Balaban J connectivity index is 1.52. The lowest BCUT2D eigenvalue weighted by Crippen LogP contribution is -2.30. The minimum Gasteiger partial charge on any atom is -0.349 e. The summed E-state index contributed by atoms with van der Waals surface area (Å²) in [7, 11) is 2.05. The van der Waals surface area contributed by atoms with E-state index in [1.54, 1.807) is 11.8 Å². The van der Waals surface area contributed by atoms with Crippen molar-refractivity contribution in [2.75, 3.05) is 17.2 Å². The summed E-state index contributed by atoms with van der Waals surface area (Å²) in [6.07, 6.45) is 3.07. The molecule has 1 aliphatic rings. The fourth-order valence-corrected chi connectivity index (χ4v) is 4.23. The molecule has 0 unspecified atom stereocenters. The highest BCUT2D eigenvalue weighted by Gasteiger charge is 2.24. The number of fused-ring (bicyclic) bond motifs is 2. The molecule has 0 aliphatic carbocycles. The monoisotopic (exact) mass is 322 g/mol. The number of thioether (sulfide) groups is 1. The van der Waals surface area contributed by atoms with E-state index in [9.17, 15) is 4.79 Å². The van der Waals surface area contributed by atoms with E-state index in [4.69, 9.17) is 0 Å². The molecule has 0 saturated heterocycles. The van der Waals surface area contributed by atoms with Crippen LogP contribution in [0.1, 0.15) is 5.56 Å². The van der Waals surface area contributed by atoms with Crippen LogP contribution in [0.4, 0.5) is 5.69 Å². The normalized spacial score (nSPS) is 13.5. The van der Waals surface area contributed by atoms with Gasteiger partial charge in [0, 0.05) is 41.3 Å². The van der Waals surface area contributed by atoms with Crippen LogP contribution in [-0.2, 0) is 18.3 Å². The number of carbonyl (C=O) groups is 1. The number of nitrogens with zero attached hydrogens (tertiary/aromatic N) is 2. The summed E-state index contributed by atoms with van der Waals surface area (Å²) in [4.78, 5) is 15.7. The van der Waals surface area contributed by atoms with Crippen LogP contribution in [0.3, 0.4) is 0 Å². The lowest BCUT2D eigenvalue weighted by molar-refractivity contribution is -0.116. The van der Waals surface area contributed by atoms with Gasteiger partial charge in [-0.05, 0) is 24.1 Å². The summed E-state index contributed by atoms with van der Waals surface area (Å²) in [5.41, 5.74) is 3.56. The van der Waals surface area contributed by atoms with Crippen LogP contribution in [0.5, 0.6) is 0 Å². The molecule has 23 heavy (non-hydrogen) atoms. The Morgan fingerprint density at radius 2 is 1.91 bits per heavy atom. The standard InChI is InChI=1S/C19H18N2OS/c1-20-12-18(15-7-3-5-9-17(15)20)23-13-19(22)21-11-10-14-6-2-4-8-16(14)21/h2-9,12H,10-11,13H2,1H3. The van der Waals surface area contributed by atoms with Gasteiger partial charge in [0.25, 0.3) is 0 Å². The maximum Gasteiger partial charge on any atom is 0.237 e. The van der Waals surface area contributed by atoms with E-state index in [0.717, 1.165) is 18.7 Å². The summed E-state index contributed by atoms with van der Waals surface area (Å²) in [5, 5.41) is 1.22. The largest absolute Gasteiger partial charge is 0.349 e. The van der Waals surface area contributed by atoms with Gasteiger partial charge in [-0.2, -0.15) is 0 Å². The van der Waals surface area contributed by atoms with Crippen molar-refractivity contribution in [3.8, 4) is 0 Å². The summed E-state index contributed by atoms with van der Waals surface area (Å²) in [6, 6.07) is 16.5. The molecule has 3 aromatic rings. The Labute approximate surface area is 139 Å². The topological polar surface area (TPSA) is 25.2 Å². The van der Waals surface area contributed by atoms with E-state index in [1.165, 1.54) is 21.4 Å². The van der Waals surface area contributed by atoms with Crippen molar-refractivity contribution in [3.63, 3.8) is 0 Å².